The highest BCUT2D eigenvalue weighted by Crippen LogP contribution is 2.17. The van der Waals surface area contributed by atoms with Gasteiger partial charge < -0.3 is 14.8 Å². The van der Waals surface area contributed by atoms with Gasteiger partial charge in [0, 0.05) is 14.2 Å². The second kappa shape index (κ2) is 6.52. The quantitative estimate of drug-likeness (QED) is 0.840. The highest BCUT2D eigenvalue weighted by Gasteiger charge is 2.26. The van der Waals surface area contributed by atoms with Crippen molar-refractivity contribution in [3.8, 4) is 0 Å². The van der Waals surface area contributed by atoms with E-state index in [2.05, 4.69) is 5.32 Å². The molecule has 0 spiro atoms. The van der Waals surface area contributed by atoms with Crippen molar-refractivity contribution in [2.45, 2.75) is 25.5 Å². The van der Waals surface area contributed by atoms with E-state index < -0.39 is 11.6 Å². The summed E-state index contributed by atoms with van der Waals surface area (Å²) in [6, 6.07) is 9.42. The van der Waals surface area contributed by atoms with E-state index in [0.29, 0.717) is 6.61 Å². The summed E-state index contributed by atoms with van der Waals surface area (Å²) in [7, 11) is 3.14. The molecule has 1 amide bonds. The van der Waals surface area contributed by atoms with Crippen molar-refractivity contribution in [3.05, 3.63) is 35.9 Å². The summed E-state index contributed by atoms with van der Waals surface area (Å²) in [5.41, 5.74) is 0.419. The minimum atomic E-state index is -0.595. The summed E-state index contributed by atoms with van der Waals surface area (Å²) in [6.07, 6.45) is -0.595. The van der Waals surface area contributed by atoms with Crippen LogP contribution in [0.4, 0.5) is 0 Å². The van der Waals surface area contributed by atoms with E-state index >= 15 is 0 Å². The van der Waals surface area contributed by atoms with Gasteiger partial charge in [0.15, 0.2) is 6.10 Å². The lowest BCUT2D eigenvalue weighted by Crippen LogP contribution is -2.48. The molecule has 0 radical (unpaired) electrons. The molecule has 1 N–H and O–H groups in total. The molecule has 0 aromatic heterocycles. The number of benzene rings is 1. The minimum absolute atomic E-state index is 0.161. The Balaban J connectivity index is 2.75. The predicted molar refractivity (Wildman–Crippen MR) is 70.3 cm³/mol. The lowest BCUT2D eigenvalue weighted by atomic mass is 10.0. The SMILES string of the molecule is COCC(C)(C)NC(=O)C(OC)c1ccccc1. The standard InChI is InChI=1S/C14H21NO3/c1-14(2,10-17-3)15-13(16)12(18-4)11-8-6-5-7-9-11/h5-9,12H,10H2,1-4H3,(H,15,16). The molecule has 1 unspecified atom stereocenters. The number of methoxy groups -OCH3 is 2. The fourth-order valence-corrected chi connectivity index (χ4v) is 1.82. The summed E-state index contributed by atoms with van der Waals surface area (Å²) >= 11 is 0. The number of amides is 1. The van der Waals surface area contributed by atoms with Crippen LogP contribution >= 0.6 is 0 Å². The van der Waals surface area contributed by atoms with Crippen molar-refractivity contribution >= 4 is 5.91 Å². The maximum atomic E-state index is 12.2. The molecule has 0 aliphatic heterocycles. The number of hydrogen-bond acceptors (Lipinski definition) is 3. The molecule has 1 aromatic rings. The molecular formula is C14H21NO3. The van der Waals surface area contributed by atoms with Crippen molar-refractivity contribution in [1.82, 2.24) is 5.32 Å². The van der Waals surface area contributed by atoms with Crippen LogP contribution in [-0.4, -0.2) is 32.3 Å². The van der Waals surface area contributed by atoms with E-state index in [-0.39, 0.29) is 5.91 Å². The number of hydrogen-bond donors (Lipinski definition) is 1. The molecule has 0 fully saturated rings. The van der Waals surface area contributed by atoms with Gasteiger partial charge in [-0.05, 0) is 19.4 Å². The Morgan fingerprint density at radius 3 is 2.39 bits per heavy atom. The van der Waals surface area contributed by atoms with Crippen LogP contribution in [0.25, 0.3) is 0 Å². The summed E-state index contributed by atoms with van der Waals surface area (Å²) in [4.78, 5) is 12.2. The number of rotatable bonds is 6. The number of carbonyl (C=O) groups excluding carboxylic acids is 1. The van der Waals surface area contributed by atoms with E-state index in [9.17, 15) is 4.79 Å². The van der Waals surface area contributed by atoms with Crippen molar-refractivity contribution in [2.75, 3.05) is 20.8 Å². The van der Waals surface area contributed by atoms with Gasteiger partial charge in [-0.3, -0.25) is 4.79 Å². The Kier molecular flexibility index (Phi) is 5.31. The van der Waals surface area contributed by atoms with Crippen molar-refractivity contribution in [1.29, 1.82) is 0 Å². The van der Waals surface area contributed by atoms with Crippen molar-refractivity contribution < 1.29 is 14.3 Å². The van der Waals surface area contributed by atoms with Crippen LogP contribution in [-0.2, 0) is 14.3 Å². The fourth-order valence-electron chi connectivity index (χ4n) is 1.82. The van der Waals surface area contributed by atoms with Crippen LogP contribution in [0.1, 0.15) is 25.5 Å². The maximum absolute atomic E-state index is 12.2. The molecule has 0 saturated carbocycles. The van der Waals surface area contributed by atoms with Crippen LogP contribution in [0.2, 0.25) is 0 Å². The average Bonchev–Trinajstić information content (AvgIpc) is 2.30. The van der Waals surface area contributed by atoms with Gasteiger partial charge in [0.25, 0.3) is 5.91 Å². The zero-order valence-electron chi connectivity index (χ0n) is 11.4. The van der Waals surface area contributed by atoms with Crippen molar-refractivity contribution in [3.63, 3.8) is 0 Å². The fraction of sp³-hybridized carbons (Fsp3) is 0.500. The Hall–Kier alpha value is -1.39. The molecule has 4 heteroatoms. The maximum Gasteiger partial charge on any atom is 0.254 e. The molecule has 0 heterocycles. The third kappa shape index (κ3) is 4.13. The van der Waals surface area contributed by atoms with E-state index in [0.717, 1.165) is 5.56 Å². The van der Waals surface area contributed by atoms with Gasteiger partial charge in [0.05, 0.1) is 12.1 Å². The zero-order chi connectivity index (χ0) is 13.6. The molecule has 0 aliphatic carbocycles. The largest absolute Gasteiger partial charge is 0.382 e. The van der Waals surface area contributed by atoms with Gasteiger partial charge in [-0.15, -0.1) is 0 Å². The number of carbonyl (C=O) groups is 1. The van der Waals surface area contributed by atoms with E-state index in [1.807, 2.05) is 44.2 Å². The first-order valence-electron chi connectivity index (χ1n) is 5.89. The first kappa shape index (κ1) is 14.7. The Bertz CT molecular complexity index is 376. The monoisotopic (exact) mass is 251 g/mol. The number of ether oxygens (including phenoxy) is 2. The Morgan fingerprint density at radius 1 is 1.28 bits per heavy atom. The molecule has 0 saturated heterocycles. The first-order valence-corrected chi connectivity index (χ1v) is 5.89. The van der Waals surface area contributed by atoms with Gasteiger partial charge in [0.2, 0.25) is 0 Å². The van der Waals surface area contributed by atoms with Gasteiger partial charge in [-0.2, -0.15) is 0 Å². The normalized spacial score (nSPS) is 13.1. The summed E-state index contributed by atoms with van der Waals surface area (Å²) in [6.45, 7) is 4.27. The number of nitrogens with one attached hydrogen (secondary N) is 1. The molecule has 1 atom stereocenters. The lowest BCUT2D eigenvalue weighted by molar-refractivity contribution is -0.133. The summed E-state index contributed by atoms with van der Waals surface area (Å²) in [5, 5.41) is 2.92. The van der Waals surface area contributed by atoms with Gasteiger partial charge >= 0.3 is 0 Å². The molecule has 1 rings (SSSR count). The van der Waals surface area contributed by atoms with Crippen LogP contribution in [0.3, 0.4) is 0 Å². The zero-order valence-corrected chi connectivity index (χ0v) is 11.4. The van der Waals surface area contributed by atoms with Crippen molar-refractivity contribution in [2.24, 2.45) is 0 Å². The highest BCUT2D eigenvalue weighted by molar-refractivity contribution is 5.82. The van der Waals surface area contributed by atoms with Gasteiger partial charge in [-0.25, -0.2) is 0 Å². The summed E-state index contributed by atoms with van der Waals surface area (Å²) in [5.74, 6) is -0.161. The first-order chi connectivity index (χ1) is 8.50. The average molecular weight is 251 g/mol. The molecule has 18 heavy (non-hydrogen) atoms. The smallest absolute Gasteiger partial charge is 0.254 e. The minimum Gasteiger partial charge on any atom is -0.382 e. The molecular weight excluding hydrogens is 230 g/mol. The molecule has 1 aromatic carbocycles. The Morgan fingerprint density at radius 2 is 1.89 bits per heavy atom. The van der Waals surface area contributed by atoms with Crippen LogP contribution < -0.4 is 5.32 Å². The van der Waals surface area contributed by atoms with E-state index in [1.54, 1.807) is 7.11 Å². The third-order valence-corrected chi connectivity index (χ3v) is 2.54. The summed E-state index contributed by atoms with van der Waals surface area (Å²) < 4.78 is 10.3. The molecule has 100 valence electrons. The molecule has 4 nitrogen and oxygen atoms in total. The van der Waals surface area contributed by atoms with E-state index in [4.69, 9.17) is 9.47 Å². The van der Waals surface area contributed by atoms with Gasteiger partial charge in [-0.1, -0.05) is 30.3 Å². The second-order valence-corrected chi connectivity index (χ2v) is 4.83. The van der Waals surface area contributed by atoms with Crippen LogP contribution in [0.15, 0.2) is 30.3 Å². The topological polar surface area (TPSA) is 47.6 Å². The molecule has 0 aliphatic rings. The second-order valence-electron chi connectivity index (χ2n) is 4.83. The third-order valence-electron chi connectivity index (χ3n) is 2.54. The Labute approximate surface area is 108 Å². The van der Waals surface area contributed by atoms with Gasteiger partial charge in [0.1, 0.15) is 0 Å². The predicted octanol–water partition coefficient (Wildman–Crippen LogP) is 1.92. The highest BCUT2D eigenvalue weighted by atomic mass is 16.5. The van der Waals surface area contributed by atoms with E-state index in [1.165, 1.54) is 7.11 Å². The molecule has 0 bridgehead atoms. The van der Waals surface area contributed by atoms with Crippen LogP contribution in [0.5, 0.6) is 0 Å². The van der Waals surface area contributed by atoms with Crippen LogP contribution in [0, 0.1) is 0 Å². The lowest BCUT2D eigenvalue weighted by Gasteiger charge is -2.27.